The fourth-order valence-corrected chi connectivity index (χ4v) is 2.23. The zero-order valence-corrected chi connectivity index (χ0v) is 13.3. The van der Waals surface area contributed by atoms with Gasteiger partial charge < -0.3 is 20.3 Å². The molecular formula is C18H21NO4. The molecule has 2 rings (SSSR count). The van der Waals surface area contributed by atoms with Gasteiger partial charge in [0.25, 0.3) is 0 Å². The third-order valence-corrected chi connectivity index (χ3v) is 3.55. The standard InChI is InChI=1S/C18H21NO4/c1-18(19,17(20)21)11-14-9-6-10-15(22-2)16(14)23-12-13-7-4-3-5-8-13/h3-10H,11-12,19H2,1-2H3,(H,20,21). The smallest absolute Gasteiger partial charge is 0.323 e. The molecule has 0 spiro atoms. The van der Waals surface area contributed by atoms with Gasteiger partial charge in [-0.1, -0.05) is 42.5 Å². The Morgan fingerprint density at radius 1 is 1.17 bits per heavy atom. The zero-order valence-electron chi connectivity index (χ0n) is 13.3. The van der Waals surface area contributed by atoms with Gasteiger partial charge in [-0.05, 0) is 18.6 Å². The van der Waals surface area contributed by atoms with Crippen LogP contribution in [0.2, 0.25) is 0 Å². The third kappa shape index (κ3) is 4.23. The van der Waals surface area contributed by atoms with E-state index in [1.165, 1.54) is 6.92 Å². The van der Waals surface area contributed by atoms with Crippen molar-refractivity contribution in [2.75, 3.05) is 7.11 Å². The summed E-state index contributed by atoms with van der Waals surface area (Å²) in [6.07, 6.45) is 0.143. The molecule has 0 fully saturated rings. The zero-order chi connectivity index (χ0) is 16.9. The highest BCUT2D eigenvalue weighted by atomic mass is 16.5. The maximum atomic E-state index is 11.3. The van der Waals surface area contributed by atoms with Gasteiger partial charge in [-0.3, -0.25) is 4.79 Å². The van der Waals surface area contributed by atoms with Crippen LogP contribution in [0.25, 0.3) is 0 Å². The molecular weight excluding hydrogens is 294 g/mol. The van der Waals surface area contributed by atoms with Crippen LogP contribution < -0.4 is 15.2 Å². The van der Waals surface area contributed by atoms with Crippen molar-refractivity contribution in [3.63, 3.8) is 0 Å². The summed E-state index contributed by atoms with van der Waals surface area (Å²) < 4.78 is 11.2. The van der Waals surface area contributed by atoms with Gasteiger partial charge in [0.15, 0.2) is 11.5 Å². The Morgan fingerprint density at radius 2 is 1.87 bits per heavy atom. The fraction of sp³-hybridized carbons (Fsp3) is 0.278. The van der Waals surface area contributed by atoms with Crippen molar-refractivity contribution in [2.45, 2.75) is 25.5 Å². The number of rotatable bonds is 7. The van der Waals surface area contributed by atoms with Crippen molar-refractivity contribution in [3.8, 4) is 11.5 Å². The van der Waals surface area contributed by atoms with Crippen molar-refractivity contribution >= 4 is 5.97 Å². The molecule has 5 heteroatoms. The van der Waals surface area contributed by atoms with E-state index >= 15 is 0 Å². The van der Waals surface area contributed by atoms with Gasteiger partial charge in [0, 0.05) is 12.0 Å². The van der Waals surface area contributed by atoms with E-state index in [-0.39, 0.29) is 6.42 Å². The van der Waals surface area contributed by atoms with E-state index in [1.54, 1.807) is 25.3 Å². The molecule has 0 saturated heterocycles. The Labute approximate surface area is 135 Å². The summed E-state index contributed by atoms with van der Waals surface area (Å²) in [5.41, 5.74) is 6.20. The Hall–Kier alpha value is -2.53. The molecule has 1 unspecified atom stereocenters. The third-order valence-electron chi connectivity index (χ3n) is 3.55. The number of benzene rings is 2. The second kappa shape index (κ2) is 7.15. The lowest BCUT2D eigenvalue weighted by Crippen LogP contribution is -2.46. The number of nitrogens with two attached hydrogens (primary N) is 1. The molecule has 0 aromatic heterocycles. The summed E-state index contributed by atoms with van der Waals surface area (Å²) >= 11 is 0. The maximum absolute atomic E-state index is 11.3. The van der Waals surface area contributed by atoms with E-state index in [9.17, 15) is 9.90 Å². The average molecular weight is 315 g/mol. The molecule has 0 aliphatic rings. The predicted molar refractivity (Wildman–Crippen MR) is 87.7 cm³/mol. The molecule has 5 nitrogen and oxygen atoms in total. The van der Waals surface area contributed by atoms with Gasteiger partial charge in [-0.2, -0.15) is 0 Å². The minimum Gasteiger partial charge on any atom is -0.493 e. The molecule has 0 aliphatic carbocycles. The molecule has 3 N–H and O–H groups in total. The molecule has 2 aromatic rings. The lowest BCUT2D eigenvalue weighted by atomic mass is 9.93. The monoisotopic (exact) mass is 315 g/mol. The van der Waals surface area contributed by atoms with Crippen molar-refractivity contribution in [2.24, 2.45) is 5.73 Å². The van der Waals surface area contributed by atoms with Crippen molar-refractivity contribution in [1.82, 2.24) is 0 Å². The van der Waals surface area contributed by atoms with Gasteiger partial charge in [-0.15, -0.1) is 0 Å². The normalized spacial score (nSPS) is 13.2. The molecule has 2 aromatic carbocycles. The number of carbonyl (C=O) groups is 1. The first kappa shape index (κ1) is 16.8. The Kier molecular flexibility index (Phi) is 5.24. The van der Waals surface area contributed by atoms with Gasteiger partial charge in [-0.25, -0.2) is 0 Å². The first-order valence-electron chi connectivity index (χ1n) is 7.29. The second-order valence-corrected chi connectivity index (χ2v) is 5.62. The molecule has 0 saturated carbocycles. The largest absolute Gasteiger partial charge is 0.493 e. The van der Waals surface area contributed by atoms with E-state index in [0.29, 0.717) is 23.7 Å². The summed E-state index contributed by atoms with van der Waals surface area (Å²) in [5.74, 6) is 0.0192. The first-order chi connectivity index (χ1) is 10.9. The molecule has 0 aliphatic heterocycles. The summed E-state index contributed by atoms with van der Waals surface area (Å²) in [4.78, 5) is 11.3. The molecule has 0 bridgehead atoms. The Morgan fingerprint density at radius 3 is 2.48 bits per heavy atom. The number of carboxylic acid groups (broad SMARTS) is 1. The van der Waals surface area contributed by atoms with Crippen LogP contribution in [0, 0.1) is 0 Å². The van der Waals surface area contributed by atoms with Crippen molar-refractivity contribution < 1.29 is 19.4 Å². The summed E-state index contributed by atoms with van der Waals surface area (Å²) in [7, 11) is 1.55. The second-order valence-electron chi connectivity index (χ2n) is 5.62. The maximum Gasteiger partial charge on any atom is 0.323 e. The van der Waals surface area contributed by atoms with Crippen LogP contribution >= 0.6 is 0 Å². The van der Waals surface area contributed by atoms with E-state index in [2.05, 4.69) is 0 Å². The Bertz CT molecular complexity index is 668. The summed E-state index contributed by atoms with van der Waals surface area (Å²) in [5, 5.41) is 9.23. The quantitative estimate of drug-likeness (QED) is 0.821. The average Bonchev–Trinajstić information content (AvgIpc) is 2.54. The molecule has 0 heterocycles. The number of para-hydroxylation sites is 1. The van der Waals surface area contributed by atoms with E-state index < -0.39 is 11.5 Å². The number of carboxylic acids is 1. The number of hydrogen-bond donors (Lipinski definition) is 2. The summed E-state index contributed by atoms with van der Waals surface area (Å²) in [6.45, 7) is 1.85. The van der Waals surface area contributed by atoms with Crippen LogP contribution in [-0.2, 0) is 17.8 Å². The molecule has 122 valence electrons. The number of hydrogen-bond acceptors (Lipinski definition) is 4. The molecule has 0 amide bonds. The number of methoxy groups -OCH3 is 1. The van der Waals surface area contributed by atoms with Gasteiger partial charge in [0.1, 0.15) is 12.1 Å². The SMILES string of the molecule is COc1cccc(CC(C)(N)C(=O)O)c1OCc1ccccc1. The number of aliphatic carboxylic acids is 1. The first-order valence-corrected chi connectivity index (χ1v) is 7.29. The molecule has 23 heavy (non-hydrogen) atoms. The van der Waals surface area contributed by atoms with E-state index in [0.717, 1.165) is 5.56 Å². The highest BCUT2D eigenvalue weighted by molar-refractivity contribution is 5.78. The lowest BCUT2D eigenvalue weighted by molar-refractivity contribution is -0.142. The molecule has 0 radical (unpaired) electrons. The lowest BCUT2D eigenvalue weighted by Gasteiger charge is -2.22. The van der Waals surface area contributed by atoms with Crippen LogP contribution in [0.3, 0.4) is 0 Å². The number of ether oxygens (including phenoxy) is 2. The minimum atomic E-state index is -1.38. The van der Waals surface area contributed by atoms with E-state index in [4.69, 9.17) is 15.2 Å². The minimum absolute atomic E-state index is 0.143. The van der Waals surface area contributed by atoms with Crippen LogP contribution in [-0.4, -0.2) is 23.7 Å². The van der Waals surface area contributed by atoms with Gasteiger partial charge >= 0.3 is 5.97 Å². The summed E-state index contributed by atoms with van der Waals surface area (Å²) in [6, 6.07) is 15.1. The van der Waals surface area contributed by atoms with Gasteiger partial charge in [0.2, 0.25) is 0 Å². The fourth-order valence-electron chi connectivity index (χ4n) is 2.23. The molecule has 1 atom stereocenters. The van der Waals surface area contributed by atoms with Crippen LogP contribution in [0.5, 0.6) is 11.5 Å². The van der Waals surface area contributed by atoms with Crippen molar-refractivity contribution in [1.29, 1.82) is 0 Å². The van der Waals surface area contributed by atoms with Crippen LogP contribution in [0.4, 0.5) is 0 Å². The Balaban J connectivity index is 2.27. The predicted octanol–water partition coefficient (Wildman–Crippen LogP) is 2.62. The van der Waals surface area contributed by atoms with E-state index in [1.807, 2.05) is 30.3 Å². The topological polar surface area (TPSA) is 81.8 Å². The highest BCUT2D eigenvalue weighted by Crippen LogP contribution is 2.33. The van der Waals surface area contributed by atoms with Gasteiger partial charge in [0.05, 0.1) is 7.11 Å². The van der Waals surface area contributed by atoms with Crippen LogP contribution in [0.1, 0.15) is 18.1 Å². The highest BCUT2D eigenvalue weighted by Gasteiger charge is 2.30. The van der Waals surface area contributed by atoms with Crippen LogP contribution in [0.15, 0.2) is 48.5 Å². The van der Waals surface area contributed by atoms with Crippen molar-refractivity contribution in [3.05, 3.63) is 59.7 Å².